The minimum Gasteiger partial charge on any atom is -0.381 e. The molecule has 7 heteroatoms. The van der Waals surface area contributed by atoms with Crippen molar-refractivity contribution in [3.63, 3.8) is 0 Å². The van der Waals surface area contributed by atoms with Gasteiger partial charge in [0.25, 0.3) is 0 Å². The van der Waals surface area contributed by atoms with Gasteiger partial charge >= 0.3 is 11.8 Å². The molecule has 0 bridgehead atoms. The summed E-state index contributed by atoms with van der Waals surface area (Å²) in [7, 11) is 0. The van der Waals surface area contributed by atoms with Gasteiger partial charge in [-0.15, -0.1) is 0 Å². The molecule has 2 heterocycles. The van der Waals surface area contributed by atoms with Crippen molar-refractivity contribution in [2.24, 2.45) is 0 Å². The lowest BCUT2D eigenvalue weighted by atomic mass is 10.1. The Balaban J connectivity index is 1.57. The highest BCUT2D eigenvalue weighted by molar-refractivity contribution is 6.39. The number of rotatable bonds is 3. The van der Waals surface area contributed by atoms with Crippen LogP contribution in [0.4, 0.5) is 11.5 Å². The van der Waals surface area contributed by atoms with E-state index in [1.165, 1.54) is 6.20 Å². The molecule has 2 amide bonds. The second kappa shape index (κ2) is 7.98. The molecular weight excluding hydrogens is 340 g/mol. The third kappa shape index (κ3) is 4.70. The number of likely N-dealkylation sites (tertiary alicyclic amines) is 1. The predicted octanol–water partition coefficient (Wildman–Crippen LogP) is 2.78. The van der Waals surface area contributed by atoms with E-state index < -0.39 is 11.8 Å². The van der Waals surface area contributed by atoms with Gasteiger partial charge in [-0.2, -0.15) is 0 Å². The maximum absolute atomic E-state index is 12.4. The summed E-state index contributed by atoms with van der Waals surface area (Å²) >= 11 is 5.76. The number of benzene rings is 1. The first kappa shape index (κ1) is 17.2. The van der Waals surface area contributed by atoms with Gasteiger partial charge < -0.3 is 15.5 Å². The minimum absolute atomic E-state index is 0.126. The van der Waals surface area contributed by atoms with Gasteiger partial charge in [0.2, 0.25) is 0 Å². The van der Waals surface area contributed by atoms with E-state index in [-0.39, 0.29) is 6.04 Å². The number of amides is 2. The van der Waals surface area contributed by atoms with E-state index in [2.05, 4.69) is 15.6 Å². The smallest absolute Gasteiger partial charge is 0.315 e. The first-order valence-electron chi connectivity index (χ1n) is 8.15. The Kier molecular flexibility index (Phi) is 5.50. The summed E-state index contributed by atoms with van der Waals surface area (Å²) < 4.78 is 0. The van der Waals surface area contributed by atoms with Crippen LogP contribution < -0.4 is 10.6 Å². The van der Waals surface area contributed by atoms with Gasteiger partial charge in [-0.25, -0.2) is 4.98 Å². The molecule has 0 radical (unpaired) electrons. The van der Waals surface area contributed by atoms with Crippen LogP contribution in [0.5, 0.6) is 0 Å². The van der Waals surface area contributed by atoms with Gasteiger partial charge in [0, 0.05) is 31.0 Å². The zero-order valence-electron chi connectivity index (χ0n) is 13.6. The molecule has 1 saturated heterocycles. The number of nitrogens with one attached hydrogen (secondary N) is 2. The summed E-state index contributed by atoms with van der Waals surface area (Å²) in [6.07, 6.45) is 3.23. The van der Waals surface area contributed by atoms with Crippen LogP contribution >= 0.6 is 11.6 Å². The molecule has 6 nitrogen and oxygen atoms in total. The molecule has 0 saturated carbocycles. The quantitative estimate of drug-likeness (QED) is 0.827. The molecule has 1 aliphatic heterocycles. The molecule has 1 aliphatic rings. The topological polar surface area (TPSA) is 74.3 Å². The van der Waals surface area contributed by atoms with Crippen molar-refractivity contribution in [1.29, 1.82) is 0 Å². The van der Waals surface area contributed by atoms with Crippen LogP contribution in [0.2, 0.25) is 5.02 Å². The molecular formula is C18H19ClN4O2. The van der Waals surface area contributed by atoms with Crippen molar-refractivity contribution in [1.82, 2.24) is 9.88 Å². The Morgan fingerprint density at radius 2 is 1.96 bits per heavy atom. The Bertz CT molecular complexity index is 737. The van der Waals surface area contributed by atoms with E-state index >= 15 is 0 Å². The van der Waals surface area contributed by atoms with Gasteiger partial charge in [0.1, 0.15) is 5.82 Å². The second-order valence-corrected chi connectivity index (χ2v) is 6.35. The Morgan fingerprint density at radius 1 is 1.16 bits per heavy atom. The highest BCUT2D eigenvalue weighted by Gasteiger charge is 2.28. The van der Waals surface area contributed by atoms with E-state index in [0.717, 1.165) is 18.5 Å². The van der Waals surface area contributed by atoms with E-state index in [0.29, 0.717) is 23.9 Å². The second-order valence-electron chi connectivity index (χ2n) is 5.92. The van der Waals surface area contributed by atoms with Crippen LogP contribution in [-0.2, 0) is 9.59 Å². The van der Waals surface area contributed by atoms with Crippen LogP contribution in [0.3, 0.4) is 0 Å². The fourth-order valence-electron chi connectivity index (χ4n) is 2.81. The molecule has 0 aliphatic carbocycles. The van der Waals surface area contributed by atoms with Crippen molar-refractivity contribution in [3.05, 3.63) is 53.7 Å². The number of carbonyl (C=O) groups is 2. The minimum atomic E-state index is -0.685. The number of anilines is 2. The van der Waals surface area contributed by atoms with Gasteiger partial charge in [-0.05, 0) is 37.1 Å². The predicted molar refractivity (Wildman–Crippen MR) is 97.5 cm³/mol. The van der Waals surface area contributed by atoms with Crippen LogP contribution in [-0.4, -0.2) is 40.8 Å². The fraction of sp³-hybridized carbons (Fsp3) is 0.278. The van der Waals surface area contributed by atoms with E-state index in [9.17, 15) is 9.59 Å². The average Bonchev–Trinajstić information content (AvgIpc) is 2.64. The van der Waals surface area contributed by atoms with Crippen molar-refractivity contribution in [3.8, 4) is 0 Å². The number of nitrogens with zero attached hydrogens (tertiary/aromatic N) is 2. The number of aromatic nitrogens is 1. The zero-order chi connectivity index (χ0) is 17.6. The zero-order valence-corrected chi connectivity index (χ0v) is 14.4. The van der Waals surface area contributed by atoms with Crippen LogP contribution in [0.15, 0.2) is 48.7 Å². The molecule has 1 fully saturated rings. The summed E-state index contributed by atoms with van der Waals surface area (Å²) in [6, 6.07) is 13.1. The van der Waals surface area contributed by atoms with Gasteiger partial charge in [-0.1, -0.05) is 29.8 Å². The van der Waals surface area contributed by atoms with Crippen molar-refractivity contribution >= 4 is 34.9 Å². The van der Waals surface area contributed by atoms with E-state index in [4.69, 9.17) is 11.6 Å². The lowest BCUT2D eigenvalue weighted by Gasteiger charge is -2.33. The summed E-state index contributed by atoms with van der Waals surface area (Å²) in [5, 5.41) is 6.39. The molecule has 1 aromatic carbocycles. The Morgan fingerprint density at radius 3 is 2.68 bits per heavy atom. The molecule has 1 unspecified atom stereocenters. The van der Waals surface area contributed by atoms with Crippen molar-refractivity contribution in [2.75, 3.05) is 23.7 Å². The number of pyridine rings is 1. The number of piperidine rings is 1. The normalized spacial score (nSPS) is 17.0. The van der Waals surface area contributed by atoms with Crippen LogP contribution in [0, 0.1) is 0 Å². The van der Waals surface area contributed by atoms with E-state index in [1.54, 1.807) is 17.0 Å². The fourth-order valence-corrected chi connectivity index (χ4v) is 2.92. The van der Waals surface area contributed by atoms with Gasteiger partial charge in [0.15, 0.2) is 0 Å². The molecule has 2 N–H and O–H groups in total. The summed E-state index contributed by atoms with van der Waals surface area (Å²) in [5.41, 5.74) is 1.01. The molecule has 2 aromatic rings. The standard InChI is InChI=1S/C18H19ClN4O2/c19-13-8-9-16(20-11-13)22-17(24)18(25)23-10-4-7-15(12-23)21-14-5-2-1-3-6-14/h1-3,5-6,8-9,11,15,21H,4,7,10,12H2,(H,20,22,24). The van der Waals surface area contributed by atoms with Crippen LogP contribution in [0.1, 0.15) is 12.8 Å². The summed E-state index contributed by atoms with van der Waals surface area (Å²) in [4.78, 5) is 30.1. The molecule has 1 aromatic heterocycles. The number of hydrogen-bond acceptors (Lipinski definition) is 4. The SMILES string of the molecule is O=C(Nc1ccc(Cl)cn1)C(=O)N1CCCC(Nc2ccccc2)C1. The van der Waals surface area contributed by atoms with Gasteiger partial charge in [-0.3, -0.25) is 9.59 Å². The van der Waals surface area contributed by atoms with Crippen LogP contribution in [0.25, 0.3) is 0 Å². The molecule has 130 valence electrons. The van der Waals surface area contributed by atoms with Gasteiger partial charge in [0.05, 0.1) is 5.02 Å². The highest BCUT2D eigenvalue weighted by Crippen LogP contribution is 2.16. The highest BCUT2D eigenvalue weighted by atomic mass is 35.5. The third-order valence-electron chi connectivity index (χ3n) is 4.02. The third-order valence-corrected chi connectivity index (χ3v) is 4.24. The number of halogens is 1. The molecule has 3 rings (SSSR count). The first-order chi connectivity index (χ1) is 12.1. The Hall–Kier alpha value is -2.60. The maximum atomic E-state index is 12.4. The molecule has 0 spiro atoms. The lowest BCUT2D eigenvalue weighted by Crippen LogP contribution is -2.48. The van der Waals surface area contributed by atoms with Crippen molar-refractivity contribution in [2.45, 2.75) is 18.9 Å². The number of para-hydroxylation sites is 1. The first-order valence-corrected chi connectivity index (χ1v) is 8.53. The largest absolute Gasteiger partial charge is 0.381 e. The Labute approximate surface area is 151 Å². The molecule has 25 heavy (non-hydrogen) atoms. The maximum Gasteiger partial charge on any atom is 0.315 e. The van der Waals surface area contributed by atoms with E-state index in [1.807, 2.05) is 30.3 Å². The monoisotopic (exact) mass is 358 g/mol. The lowest BCUT2D eigenvalue weighted by molar-refractivity contribution is -0.143. The summed E-state index contributed by atoms with van der Waals surface area (Å²) in [5.74, 6) is -0.926. The number of hydrogen-bond donors (Lipinski definition) is 2. The molecule has 1 atom stereocenters. The van der Waals surface area contributed by atoms with Crippen molar-refractivity contribution < 1.29 is 9.59 Å². The number of carbonyl (C=O) groups excluding carboxylic acids is 2. The average molecular weight is 359 g/mol. The summed E-state index contributed by atoms with van der Waals surface area (Å²) in [6.45, 7) is 1.07.